The molecule has 11 nitrogen and oxygen atoms in total. The van der Waals surface area contributed by atoms with E-state index in [2.05, 4.69) is 69.4 Å². The predicted octanol–water partition coefficient (Wildman–Crippen LogP) is 16.6. The average Bonchev–Trinajstić information content (AvgIpc) is 3.35. The second-order valence-electron chi connectivity index (χ2n) is 19.1. The summed E-state index contributed by atoms with van der Waals surface area (Å²) in [5, 5.41) is 9.79. The zero-order chi connectivity index (χ0) is 51.3. The van der Waals surface area contributed by atoms with Crippen molar-refractivity contribution in [3.8, 4) is 0 Å². The number of esters is 3. The Kier molecular flexibility index (Phi) is 50.8. The molecular weight excluding hydrogens is 904 g/mol. The Hall–Kier alpha value is -2.56. The first-order valence-corrected chi connectivity index (χ1v) is 30.0. The van der Waals surface area contributed by atoms with E-state index in [1.54, 1.807) is 0 Å². The highest BCUT2D eigenvalue weighted by Gasteiger charge is 2.28. The number of phosphoric ester groups is 1. The fourth-order valence-electron chi connectivity index (χ4n) is 7.80. The van der Waals surface area contributed by atoms with Crippen LogP contribution in [0.2, 0.25) is 0 Å². The van der Waals surface area contributed by atoms with Gasteiger partial charge in [0.05, 0.1) is 19.8 Å². The molecule has 0 rings (SSSR count). The standard InChI is InChI=1S/C58H105O11P/c1-4-7-10-13-16-19-22-25-27-30-32-35-38-41-44-47-56(60)65-51-55(69-58(62)49-46-43-40-37-34-31-28-26-23-20-17-14-11-8-5-2)53-67-70(63,64)66-52-54(50-59)68-57(61)48-45-42-39-36-33-29-24-21-18-15-12-9-6-3/h12,15,21,24-28,54-55,59H,4-11,13-14,16-20,22-23,29-53H2,1-3H3,(H,63,64)/b15-12-,24-21-,27-25-,28-26-. The Labute approximate surface area is 428 Å². The van der Waals surface area contributed by atoms with E-state index in [9.17, 15) is 28.9 Å². The maximum absolute atomic E-state index is 12.9. The minimum absolute atomic E-state index is 0.156. The van der Waals surface area contributed by atoms with Crippen molar-refractivity contribution in [3.05, 3.63) is 48.6 Å². The maximum atomic E-state index is 12.9. The number of unbranched alkanes of at least 4 members (excludes halogenated alkanes) is 28. The van der Waals surface area contributed by atoms with Gasteiger partial charge in [0.1, 0.15) is 12.7 Å². The van der Waals surface area contributed by atoms with Crippen LogP contribution in [0.3, 0.4) is 0 Å². The van der Waals surface area contributed by atoms with Crippen LogP contribution in [0.5, 0.6) is 0 Å². The highest BCUT2D eigenvalue weighted by Crippen LogP contribution is 2.43. The zero-order valence-corrected chi connectivity index (χ0v) is 45.9. The van der Waals surface area contributed by atoms with Gasteiger partial charge in [0.2, 0.25) is 0 Å². The molecule has 0 fully saturated rings. The smallest absolute Gasteiger partial charge is 0.462 e. The first-order chi connectivity index (χ1) is 34.2. The van der Waals surface area contributed by atoms with E-state index in [4.69, 9.17) is 23.3 Å². The summed E-state index contributed by atoms with van der Waals surface area (Å²) in [5.41, 5.74) is 0. The van der Waals surface area contributed by atoms with E-state index in [0.717, 1.165) is 122 Å². The molecule has 0 aliphatic rings. The molecule has 0 aliphatic heterocycles. The van der Waals surface area contributed by atoms with E-state index < -0.39 is 57.8 Å². The normalized spacial score (nSPS) is 13.7. The van der Waals surface area contributed by atoms with Crippen molar-refractivity contribution in [1.29, 1.82) is 0 Å². The van der Waals surface area contributed by atoms with E-state index in [1.807, 2.05) is 0 Å². The second kappa shape index (κ2) is 52.8. The van der Waals surface area contributed by atoms with E-state index in [0.29, 0.717) is 19.3 Å². The van der Waals surface area contributed by atoms with Crippen LogP contribution >= 0.6 is 7.82 Å². The molecule has 3 unspecified atom stereocenters. The Bertz CT molecular complexity index is 1360. The molecule has 2 N–H and O–H groups in total. The average molecular weight is 1010 g/mol. The monoisotopic (exact) mass is 1010 g/mol. The number of hydrogen-bond donors (Lipinski definition) is 2. The van der Waals surface area contributed by atoms with Crippen molar-refractivity contribution < 1.29 is 52.2 Å². The molecule has 0 radical (unpaired) electrons. The van der Waals surface area contributed by atoms with Gasteiger partial charge in [-0.05, 0) is 96.3 Å². The van der Waals surface area contributed by atoms with Crippen LogP contribution in [-0.2, 0) is 42.2 Å². The number of phosphoric acid groups is 1. The van der Waals surface area contributed by atoms with Gasteiger partial charge in [-0.25, -0.2) is 4.57 Å². The first kappa shape index (κ1) is 67.4. The molecule has 0 aromatic heterocycles. The summed E-state index contributed by atoms with van der Waals surface area (Å²) >= 11 is 0. The molecule has 70 heavy (non-hydrogen) atoms. The number of carbonyl (C=O) groups is 3. The van der Waals surface area contributed by atoms with Crippen LogP contribution in [0.15, 0.2) is 48.6 Å². The number of carbonyl (C=O) groups excluding carboxylic acids is 3. The molecule has 3 atom stereocenters. The summed E-state index contributed by atoms with van der Waals surface area (Å²) in [6.45, 7) is 4.55. The van der Waals surface area contributed by atoms with Crippen molar-refractivity contribution in [1.82, 2.24) is 0 Å². The van der Waals surface area contributed by atoms with Crippen LogP contribution in [0, 0.1) is 0 Å². The van der Waals surface area contributed by atoms with Gasteiger partial charge >= 0.3 is 25.7 Å². The van der Waals surface area contributed by atoms with Gasteiger partial charge in [-0.2, -0.15) is 0 Å². The van der Waals surface area contributed by atoms with Gasteiger partial charge in [-0.1, -0.05) is 198 Å². The fourth-order valence-corrected chi connectivity index (χ4v) is 8.58. The molecule has 12 heteroatoms. The van der Waals surface area contributed by atoms with Gasteiger partial charge in [0.25, 0.3) is 0 Å². The Morgan fingerprint density at radius 2 is 0.729 bits per heavy atom. The molecule has 0 saturated heterocycles. The molecule has 408 valence electrons. The highest BCUT2D eigenvalue weighted by molar-refractivity contribution is 7.47. The number of allylic oxidation sites excluding steroid dienone is 8. The van der Waals surface area contributed by atoms with Gasteiger partial charge in [0, 0.05) is 19.3 Å². The van der Waals surface area contributed by atoms with Crippen LogP contribution in [0.4, 0.5) is 0 Å². The SMILES string of the molecule is CCC/C=C\C/C=C\CCCCCCCC(=O)OC(CO)COP(=O)(O)OCC(COC(=O)CCCCCCC/C=C\CCCCCCCC)OC(=O)CCCCCCC/C=C\CCCCCCCC. The fraction of sp³-hybridized carbons (Fsp3) is 0.810. The predicted molar refractivity (Wildman–Crippen MR) is 289 cm³/mol. The van der Waals surface area contributed by atoms with Crippen molar-refractivity contribution >= 4 is 25.7 Å². The summed E-state index contributed by atoms with van der Waals surface area (Å²) in [5.74, 6) is -1.49. The van der Waals surface area contributed by atoms with Gasteiger partial charge < -0.3 is 24.2 Å². The van der Waals surface area contributed by atoms with Gasteiger partial charge in [0.15, 0.2) is 6.10 Å². The summed E-state index contributed by atoms with van der Waals surface area (Å²) in [4.78, 5) is 48.5. The van der Waals surface area contributed by atoms with Crippen molar-refractivity contribution in [3.63, 3.8) is 0 Å². The third-order valence-electron chi connectivity index (χ3n) is 12.2. The minimum atomic E-state index is -4.75. The molecule has 0 heterocycles. The summed E-state index contributed by atoms with van der Waals surface area (Å²) < 4.78 is 39.5. The van der Waals surface area contributed by atoms with Crippen LogP contribution in [0.1, 0.15) is 265 Å². The van der Waals surface area contributed by atoms with Crippen LogP contribution in [-0.4, -0.2) is 66.5 Å². The van der Waals surface area contributed by atoms with Crippen molar-refractivity contribution in [2.75, 3.05) is 26.4 Å². The topological polar surface area (TPSA) is 155 Å². The molecule has 0 aliphatic carbocycles. The lowest BCUT2D eigenvalue weighted by Crippen LogP contribution is -2.30. The van der Waals surface area contributed by atoms with E-state index in [1.165, 1.54) is 83.5 Å². The number of rotatable bonds is 53. The summed E-state index contributed by atoms with van der Waals surface area (Å²) in [7, 11) is -4.75. The van der Waals surface area contributed by atoms with Crippen LogP contribution < -0.4 is 0 Å². The molecule has 0 amide bonds. The lowest BCUT2D eigenvalue weighted by atomic mass is 10.1. The molecule has 0 aromatic rings. The summed E-state index contributed by atoms with van der Waals surface area (Å²) in [6.07, 6.45) is 54.9. The molecule has 0 aromatic carbocycles. The van der Waals surface area contributed by atoms with Crippen molar-refractivity contribution in [2.45, 2.75) is 277 Å². The number of ether oxygens (including phenoxy) is 3. The van der Waals surface area contributed by atoms with Gasteiger partial charge in [-0.3, -0.25) is 23.4 Å². The Balaban J connectivity index is 4.75. The quantitative estimate of drug-likeness (QED) is 0.0197. The number of hydrogen-bond acceptors (Lipinski definition) is 10. The highest BCUT2D eigenvalue weighted by atomic mass is 31.2. The van der Waals surface area contributed by atoms with E-state index >= 15 is 0 Å². The largest absolute Gasteiger partial charge is 0.472 e. The number of aliphatic hydroxyl groups is 1. The lowest BCUT2D eigenvalue weighted by molar-refractivity contribution is -0.161. The Morgan fingerprint density at radius 1 is 0.400 bits per heavy atom. The first-order valence-electron chi connectivity index (χ1n) is 28.5. The third kappa shape index (κ3) is 50.4. The third-order valence-corrected chi connectivity index (χ3v) is 13.1. The zero-order valence-electron chi connectivity index (χ0n) is 45.0. The van der Waals surface area contributed by atoms with Crippen LogP contribution in [0.25, 0.3) is 0 Å². The lowest BCUT2D eigenvalue weighted by Gasteiger charge is -2.21. The number of aliphatic hydroxyl groups excluding tert-OH is 1. The van der Waals surface area contributed by atoms with E-state index in [-0.39, 0.29) is 25.9 Å². The summed E-state index contributed by atoms with van der Waals surface area (Å²) in [6, 6.07) is 0. The molecule has 0 saturated carbocycles. The maximum Gasteiger partial charge on any atom is 0.472 e. The molecule has 0 bridgehead atoms. The second-order valence-corrected chi connectivity index (χ2v) is 20.5. The van der Waals surface area contributed by atoms with Gasteiger partial charge in [-0.15, -0.1) is 0 Å². The Morgan fingerprint density at radius 3 is 1.13 bits per heavy atom. The van der Waals surface area contributed by atoms with Crippen molar-refractivity contribution in [2.24, 2.45) is 0 Å². The minimum Gasteiger partial charge on any atom is -0.462 e. The molecule has 0 spiro atoms. The molecular formula is C58H105O11P.